The molecule has 5 heteroatoms. The fourth-order valence-corrected chi connectivity index (χ4v) is 2.18. The Morgan fingerprint density at radius 3 is 2.85 bits per heavy atom. The number of hydrogen-bond acceptors (Lipinski definition) is 4. The maximum Gasteiger partial charge on any atom is 0.183 e. The van der Waals surface area contributed by atoms with E-state index in [1.165, 1.54) is 11.3 Å². The molecule has 2 aromatic heterocycles. The molecule has 0 aromatic carbocycles. The van der Waals surface area contributed by atoms with Gasteiger partial charge >= 0.3 is 0 Å². The summed E-state index contributed by atoms with van der Waals surface area (Å²) in [5, 5.41) is 8.74. The molecular formula is C8H6BrN3S. The highest BCUT2D eigenvalue weighted by molar-refractivity contribution is 9.11. The average molecular weight is 256 g/mol. The second-order valence-electron chi connectivity index (χ2n) is 2.53. The molecule has 0 N–H and O–H groups in total. The van der Waals surface area contributed by atoms with Crippen LogP contribution in [0.5, 0.6) is 0 Å². The van der Waals surface area contributed by atoms with Crippen LogP contribution in [0.4, 0.5) is 0 Å². The first-order valence-electron chi connectivity index (χ1n) is 3.68. The molecule has 13 heavy (non-hydrogen) atoms. The van der Waals surface area contributed by atoms with Gasteiger partial charge in [-0.15, -0.1) is 10.2 Å². The molecule has 0 radical (unpaired) electrons. The molecule has 2 heterocycles. The first-order chi connectivity index (χ1) is 6.27. The smallest absolute Gasteiger partial charge is 0.183 e. The van der Waals surface area contributed by atoms with Crippen LogP contribution in [0.15, 0.2) is 22.2 Å². The molecule has 0 aliphatic heterocycles. The average Bonchev–Trinajstić information content (AvgIpc) is 2.53. The fourth-order valence-electron chi connectivity index (χ4n) is 1.01. The zero-order valence-electron chi connectivity index (χ0n) is 6.86. The molecule has 0 amide bonds. The van der Waals surface area contributed by atoms with Gasteiger partial charge < -0.3 is 0 Å². The van der Waals surface area contributed by atoms with Gasteiger partial charge in [-0.25, -0.2) is 0 Å². The van der Waals surface area contributed by atoms with Crippen molar-refractivity contribution in [3.05, 3.63) is 27.8 Å². The Labute approximate surface area is 88.0 Å². The molecule has 0 unspecified atom stereocenters. The third kappa shape index (κ3) is 1.76. The van der Waals surface area contributed by atoms with Crippen molar-refractivity contribution in [3.63, 3.8) is 0 Å². The van der Waals surface area contributed by atoms with E-state index in [2.05, 4.69) is 31.1 Å². The highest BCUT2D eigenvalue weighted by atomic mass is 79.9. The topological polar surface area (TPSA) is 38.7 Å². The summed E-state index contributed by atoms with van der Waals surface area (Å²) in [6.45, 7) is 2.01. The Bertz CT molecular complexity index is 427. The zero-order chi connectivity index (χ0) is 9.26. The van der Waals surface area contributed by atoms with E-state index < -0.39 is 0 Å². The largest absolute Gasteiger partial charge is 0.253 e. The first-order valence-corrected chi connectivity index (χ1v) is 5.29. The van der Waals surface area contributed by atoms with Crippen LogP contribution >= 0.6 is 27.3 Å². The standard InChI is InChI=1S/C8H6BrN3S/c1-5-3-2-4-10-6(5)7-11-12-8(9)13-7/h2-4H,1H3. The van der Waals surface area contributed by atoms with Gasteiger partial charge in [-0.05, 0) is 34.5 Å². The minimum absolute atomic E-state index is 0.785. The molecule has 0 aliphatic carbocycles. The molecule has 0 aliphatic rings. The van der Waals surface area contributed by atoms with E-state index in [-0.39, 0.29) is 0 Å². The quantitative estimate of drug-likeness (QED) is 0.787. The summed E-state index contributed by atoms with van der Waals surface area (Å²) in [7, 11) is 0. The van der Waals surface area contributed by atoms with E-state index >= 15 is 0 Å². The SMILES string of the molecule is Cc1cccnc1-c1nnc(Br)s1. The van der Waals surface area contributed by atoms with Crippen molar-refractivity contribution in [2.75, 3.05) is 0 Å². The van der Waals surface area contributed by atoms with Crippen LogP contribution in [0, 0.1) is 6.92 Å². The zero-order valence-corrected chi connectivity index (χ0v) is 9.26. The lowest BCUT2D eigenvalue weighted by molar-refractivity contribution is 1.06. The number of aromatic nitrogens is 3. The van der Waals surface area contributed by atoms with E-state index in [0.717, 1.165) is 20.2 Å². The summed E-state index contributed by atoms with van der Waals surface area (Å²) in [5.74, 6) is 0. The van der Waals surface area contributed by atoms with Gasteiger partial charge in [-0.3, -0.25) is 4.98 Å². The monoisotopic (exact) mass is 255 g/mol. The van der Waals surface area contributed by atoms with E-state index in [1.807, 2.05) is 19.1 Å². The number of aryl methyl sites for hydroxylation is 1. The maximum atomic E-state index is 4.25. The second-order valence-corrected chi connectivity index (χ2v) is 4.78. The van der Waals surface area contributed by atoms with Crippen LogP contribution in [-0.4, -0.2) is 15.2 Å². The Kier molecular flexibility index (Phi) is 2.37. The van der Waals surface area contributed by atoms with E-state index in [1.54, 1.807) is 6.20 Å². The summed E-state index contributed by atoms with van der Waals surface area (Å²) in [5.41, 5.74) is 2.02. The van der Waals surface area contributed by atoms with Gasteiger partial charge in [-0.1, -0.05) is 17.4 Å². The lowest BCUT2D eigenvalue weighted by Gasteiger charge is -1.97. The summed E-state index contributed by atoms with van der Waals surface area (Å²) in [4.78, 5) is 4.25. The van der Waals surface area contributed by atoms with Crippen LogP contribution in [0.2, 0.25) is 0 Å². The predicted molar refractivity (Wildman–Crippen MR) is 55.6 cm³/mol. The van der Waals surface area contributed by atoms with Crippen molar-refractivity contribution in [1.29, 1.82) is 0 Å². The van der Waals surface area contributed by atoms with Crippen LogP contribution < -0.4 is 0 Å². The van der Waals surface area contributed by atoms with Crippen molar-refractivity contribution in [1.82, 2.24) is 15.2 Å². The molecule has 0 saturated heterocycles. The van der Waals surface area contributed by atoms with Crippen molar-refractivity contribution in [2.24, 2.45) is 0 Å². The number of pyridine rings is 1. The van der Waals surface area contributed by atoms with Gasteiger partial charge in [-0.2, -0.15) is 0 Å². The van der Waals surface area contributed by atoms with Gasteiger partial charge in [0.05, 0.1) is 0 Å². The third-order valence-electron chi connectivity index (χ3n) is 1.61. The molecule has 0 bridgehead atoms. The van der Waals surface area contributed by atoms with E-state index in [4.69, 9.17) is 0 Å². The summed E-state index contributed by atoms with van der Waals surface area (Å²) >= 11 is 4.76. The number of rotatable bonds is 1. The van der Waals surface area contributed by atoms with Crippen LogP contribution in [-0.2, 0) is 0 Å². The number of nitrogens with zero attached hydrogens (tertiary/aromatic N) is 3. The molecule has 0 saturated carbocycles. The summed E-state index contributed by atoms with van der Waals surface area (Å²) in [6.07, 6.45) is 1.76. The summed E-state index contributed by atoms with van der Waals surface area (Å²) < 4.78 is 0.785. The Morgan fingerprint density at radius 1 is 1.38 bits per heavy atom. The van der Waals surface area contributed by atoms with Crippen LogP contribution in [0.1, 0.15) is 5.56 Å². The van der Waals surface area contributed by atoms with Crippen LogP contribution in [0.3, 0.4) is 0 Å². The highest BCUT2D eigenvalue weighted by Crippen LogP contribution is 2.26. The normalized spacial score (nSPS) is 10.3. The van der Waals surface area contributed by atoms with Crippen LogP contribution in [0.25, 0.3) is 10.7 Å². The third-order valence-corrected chi connectivity index (χ3v) is 2.98. The number of hydrogen-bond donors (Lipinski definition) is 0. The van der Waals surface area contributed by atoms with E-state index in [0.29, 0.717) is 0 Å². The molecule has 66 valence electrons. The molecule has 0 fully saturated rings. The molecule has 0 spiro atoms. The van der Waals surface area contributed by atoms with Gasteiger partial charge in [0.25, 0.3) is 0 Å². The molecular weight excluding hydrogens is 250 g/mol. The van der Waals surface area contributed by atoms with Crippen molar-refractivity contribution >= 4 is 27.3 Å². The van der Waals surface area contributed by atoms with Gasteiger partial charge in [0.15, 0.2) is 8.92 Å². The summed E-state index contributed by atoms with van der Waals surface area (Å²) in [6, 6.07) is 3.92. The number of halogens is 1. The highest BCUT2D eigenvalue weighted by Gasteiger charge is 2.07. The van der Waals surface area contributed by atoms with Crippen molar-refractivity contribution in [3.8, 4) is 10.7 Å². The lowest BCUT2D eigenvalue weighted by Crippen LogP contribution is -1.85. The second kappa shape index (κ2) is 3.51. The van der Waals surface area contributed by atoms with Crippen molar-refractivity contribution in [2.45, 2.75) is 6.92 Å². The predicted octanol–water partition coefficient (Wildman–Crippen LogP) is 2.67. The fraction of sp³-hybridized carbons (Fsp3) is 0.125. The lowest BCUT2D eigenvalue weighted by atomic mass is 10.2. The Hall–Kier alpha value is -0.810. The molecule has 2 aromatic rings. The maximum absolute atomic E-state index is 4.25. The minimum atomic E-state index is 0.785. The molecule has 3 nitrogen and oxygen atoms in total. The Morgan fingerprint density at radius 2 is 2.23 bits per heavy atom. The first kappa shape index (κ1) is 8.77. The molecule has 0 atom stereocenters. The minimum Gasteiger partial charge on any atom is -0.253 e. The van der Waals surface area contributed by atoms with Gasteiger partial charge in [0, 0.05) is 6.20 Å². The van der Waals surface area contributed by atoms with Crippen molar-refractivity contribution < 1.29 is 0 Å². The Balaban J connectivity index is 2.52. The van der Waals surface area contributed by atoms with E-state index in [9.17, 15) is 0 Å². The van der Waals surface area contributed by atoms with Gasteiger partial charge in [0.2, 0.25) is 0 Å². The van der Waals surface area contributed by atoms with Gasteiger partial charge in [0.1, 0.15) is 5.69 Å². The molecule has 2 rings (SSSR count).